The Morgan fingerprint density at radius 2 is 2.02 bits per heavy atom. The second kappa shape index (κ2) is 12.2. The van der Waals surface area contributed by atoms with E-state index in [0.29, 0.717) is 34.3 Å². The van der Waals surface area contributed by atoms with E-state index in [9.17, 15) is 14.0 Å². The highest BCUT2D eigenvalue weighted by Crippen LogP contribution is 2.59. The molecule has 10 heteroatoms. The van der Waals surface area contributed by atoms with Crippen LogP contribution in [0.2, 0.25) is 0 Å². The number of aromatic nitrogens is 1. The Bertz CT molecular complexity index is 1520. The molecule has 2 amide bonds. The van der Waals surface area contributed by atoms with E-state index < -0.39 is 24.7 Å². The minimum Gasteiger partial charge on any atom is -0.538 e. The summed E-state index contributed by atoms with van der Waals surface area (Å²) in [4.78, 5) is 30.9. The summed E-state index contributed by atoms with van der Waals surface area (Å²) in [7, 11) is 0.785. The van der Waals surface area contributed by atoms with Gasteiger partial charge in [0.1, 0.15) is 11.6 Å². The first-order valence-electron chi connectivity index (χ1n) is 14.8. The number of pyridine rings is 1. The first kappa shape index (κ1) is 28.9. The molecule has 2 aliphatic carbocycles. The molecule has 1 aromatic heterocycles. The van der Waals surface area contributed by atoms with Crippen LogP contribution in [0.25, 0.3) is 0 Å². The Morgan fingerprint density at radius 1 is 1.16 bits per heavy atom. The second-order valence-electron chi connectivity index (χ2n) is 11.5. The molecule has 0 saturated heterocycles. The fourth-order valence-corrected chi connectivity index (χ4v) is 6.67. The van der Waals surface area contributed by atoms with Gasteiger partial charge in [0.05, 0.1) is 42.4 Å². The van der Waals surface area contributed by atoms with E-state index in [1.807, 2.05) is 12.1 Å². The molecule has 3 unspecified atom stereocenters. The summed E-state index contributed by atoms with van der Waals surface area (Å²) in [5.74, 6) is 0.500. The molecule has 8 nitrogen and oxygen atoms in total. The highest BCUT2D eigenvalue weighted by molar-refractivity contribution is 6.48. The third kappa shape index (κ3) is 5.88. The second-order valence-corrected chi connectivity index (χ2v) is 11.5. The summed E-state index contributed by atoms with van der Waals surface area (Å²) in [6.45, 7) is 2.16. The van der Waals surface area contributed by atoms with Crippen LogP contribution in [0.1, 0.15) is 60.1 Å². The van der Waals surface area contributed by atoms with Gasteiger partial charge in [-0.25, -0.2) is 4.39 Å². The van der Waals surface area contributed by atoms with Gasteiger partial charge in [0.25, 0.3) is 5.91 Å². The molecular formula is C33H35BFN3O5. The minimum absolute atomic E-state index is 0.0757. The first-order valence-corrected chi connectivity index (χ1v) is 14.8. The Hall–Kier alpha value is -4.18. The Morgan fingerprint density at radius 3 is 2.79 bits per heavy atom. The van der Waals surface area contributed by atoms with Crippen molar-refractivity contribution in [1.82, 2.24) is 15.6 Å². The number of halogens is 1. The lowest BCUT2D eigenvalue weighted by atomic mass is 9.59. The zero-order valence-electron chi connectivity index (χ0n) is 24.3. The van der Waals surface area contributed by atoms with Crippen LogP contribution < -0.4 is 15.4 Å². The van der Waals surface area contributed by atoms with Crippen LogP contribution in [-0.4, -0.2) is 42.6 Å². The molecule has 43 heavy (non-hydrogen) atoms. The zero-order chi connectivity index (χ0) is 30.0. The van der Waals surface area contributed by atoms with E-state index in [2.05, 4.69) is 28.6 Å². The molecule has 3 aliphatic rings. The third-order valence-corrected chi connectivity index (χ3v) is 8.95. The van der Waals surface area contributed by atoms with Gasteiger partial charge >= 0.3 is 7.12 Å². The molecule has 2 bridgehead atoms. The number of nitrogens with one attached hydrogen (secondary N) is 2. The molecule has 1 spiro atoms. The Labute approximate surface area is 251 Å². The van der Waals surface area contributed by atoms with Gasteiger partial charge in [0, 0.05) is 18.8 Å². The predicted molar refractivity (Wildman–Crippen MR) is 159 cm³/mol. The van der Waals surface area contributed by atoms with Crippen molar-refractivity contribution >= 4 is 18.9 Å². The van der Waals surface area contributed by atoms with Gasteiger partial charge in [-0.15, -0.1) is 0 Å². The molecule has 2 N–H and O–H groups in total. The number of amides is 2. The topological polar surface area (TPSA) is 98.8 Å². The summed E-state index contributed by atoms with van der Waals surface area (Å²) >= 11 is 0. The molecule has 1 aliphatic heterocycles. The van der Waals surface area contributed by atoms with Crippen molar-refractivity contribution in [1.29, 1.82) is 0 Å². The number of nitrogens with zero attached hydrogens (tertiary/aromatic N) is 1. The van der Waals surface area contributed by atoms with Gasteiger partial charge in [0.2, 0.25) is 5.91 Å². The quantitative estimate of drug-likeness (QED) is 0.310. The lowest BCUT2D eigenvalue weighted by Gasteiger charge is -2.52. The van der Waals surface area contributed by atoms with Gasteiger partial charge in [-0.2, -0.15) is 0 Å². The number of benzene rings is 2. The van der Waals surface area contributed by atoms with E-state index in [0.717, 1.165) is 25.0 Å². The van der Waals surface area contributed by atoms with Gasteiger partial charge in [-0.1, -0.05) is 43.7 Å². The SMILES string of the molecule is CCC1CC2CC3=C[C@]12OB([C@H](Cc1ccccc1F)NC(=O)CC(NC(=O)c1cccnc1)c1cccc(OC)c1)O3. The van der Waals surface area contributed by atoms with Gasteiger partial charge < -0.3 is 24.7 Å². The zero-order valence-corrected chi connectivity index (χ0v) is 24.3. The van der Waals surface area contributed by atoms with Crippen molar-refractivity contribution < 1.29 is 28.0 Å². The van der Waals surface area contributed by atoms with Crippen molar-refractivity contribution in [2.75, 3.05) is 7.11 Å². The molecule has 222 valence electrons. The number of hydrogen-bond acceptors (Lipinski definition) is 6. The number of allylic oxidation sites excluding steroid dienone is 1. The standard InChI is InChI=1S/C33H35BFN3O5/c1-3-24-16-25-17-27-19-33(24,25)43-34(42-27)30(15-21-8-4-5-12-28(21)35)38-31(39)18-29(22-9-6-11-26(14-22)41-2)37-32(40)23-10-7-13-36-20-23/h4-14,19-20,24-25,29-30H,3,15-18H2,1-2H3,(H,37,40)(H,38,39)/t24?,25?,29?,30-,33-/m0/s1. The molecule has 3 aromatic rings. The highest BCUT2D eigenvalue weighted by Gasteiger charge is 2.62. The Balaban J connectivity index is 1.24. The van der Waals surface area contributed by atoms with Crippen LogP contribution in [0.5, 0.6) is 5.75 Å². The lowest BCUT2D eigenvalue weighted by Crippen LogP contribution is -2.61. The minimum atomic E-state index is -0.775. The average Bonchev–Trinajstić information content (AvgIpc) is 3.22. The van der Waals surface area contributed by atoms with Gasteiger partial charge in [-0.05, 0) is 72.2 Å². The maximum atomic E-state index is 14.8. The molecule has 5 atom stereocenters. The summed E-state index contributed by atoms with van der Waals surface area (Å²) < 4.78 is 33.1. The van der Waals surface area contributed by atoms with Crippen LogP contribution in [0.3, 0.4) is 0 Å². The molecule has 2 heterocycles. The van der Waals surface area contributed by atoms with Crippen molar-refractivity contribution in [2.24, 2.45) is 11.8 Å². The fourth-order valence-electron chi connectivity index (χ4n) is 6.67. The van der Waals surface area contributed by atoms with Gasteiger partial charge in [0.15, 0.2) is 0 Å². The summed E-state index contributed by atoms with van der Waals surface area (Å²) in [6, 6.07) is 16.4. The number of carbonyl (C=O) groups is 2. The molecule has 1 fully saturated rings. The maximum Gasteiger partial charge on any atom is 0.550 e. The normalized spacial score (nSPS) is 23.1. The maximum absolute atomic E-state index is 14.8. The number of ether oxygens (including phenoxy) is 1. The van der Waals surface area contributed by atoms with Crippen LogP contribution in [0.15, 0.2) is 84.9 Å². The average molecular weight is 583 g/mol. The van der Waals surface area contributed by atoms with Crippen LogP contribution in [-0.2, 0) is 20.5 Å². The molecular weight excluding hydrogens is 548 g/mol. The molecule has 6 rings (SSSR count). The van der Waals surface area contributed by atoms with E-state index in [4.69, 9.17) is 14.0 Å². The smallest absolute Gasteiger partial charge is 0.538 e. The van der Waals surface area contributed by atoms with Crippen molar-refractivity contribution in [2.45, 2.75) is 56.6 Å². The summed E-state index contributed by atoms with van der Waals surface area (Å²) in [5, 5.41) is 6.06. The van der Waals surface area contributed by atoms with E-state index >= 15 is 0 Å². The highest BCUT2D eigenvalue weighted by atomic mass is 19.1. The molecule has 0 radical (unpaired) electrons. The van der Waals surface area contributed by atoms with E-state index in [-0.39, 0.29) is 30.5 Å². The lowest BCUT2D eigenvalue weighted by molar-refractivity contribution is -0.122. The van der Waals surface area contributed by atoms with Crippen LogP contribution in [0.4, 0.5) is 4.39 Å². The first-order chi connectivity index (χ1) is 20.9. The Kier molecular flexibility index (Phi) is 8.21. The monoisotopic (exact) mass is 583 g/mol. The van der Waals surface area contributed by atoms with E-state index in [1.54, 1.807) is 55.8 Å². The van der Waals surface area contributed by atoms with Crippen LogP contribution >= 0.6 is 0 Å². The molecule has 2 aromatic carbocycles. The number of rotatable bonds is 11. The summed E-state index contributed by atoms with van der Waals surface area (Å²) in [5.41, 5.74) is 1.14. The molecule has 1 saturated carbocycles. The number of carbonyl (C=O) groups excluding carboxylic acids is 2. The number of hydrogen-bond donors (Lipinski definition) is 2. The van der Waals surface area contributed by atoms with Crippen molar-refractivity contribution in [3.8, 4) is 5.75 Å². The predicted octanol–water partition coefficient (Wildman–Crippen LogP) is 4.96. The van der Waals surface area contributed by atoms with E-state index in [1.165, 1.54) is 12.3 Å². The van der Waals surface area contributed by atoms with Crippen molar-refractivity contribution in [3.63, 3.8) is 0 Å². The van der Waals surface area contributed by atoms with Gasteiger partial charge in [-0.3, -0.25) is 14.6 Å². The third-order valence-electron chi connectivity index (χ3n) is 8.95. The largest absolute Gasteiger partial charge is 0.550 e. The number of methoxy groups -OCH3 is 1. The fraction of sp³-hybridized carbons (Fsp3) is 0.364. The van der Waals surface area contributed by atoms with Crippen LogP contribution in [0, 0.1) is 17.7 Å². The summed E-state index contributed by atoms with van der Waals surface area (Å²) in [6.07, 6.45) is 8.15. The van der Waals surface area contributed by atoms with Crippen molar-refractivity contribution in [3.05, 3.63) is 107 Å².